The third-order valence-corrected chi connectivity index (χ3v) is 3.79. The van der Waals surface area contributed by atoms with Crippen molar-refractivity contribution >= 4 is 11.6 Å². The Labute approximate surface area is 147 Å². The highest BCUT2D eigenvalue weighted by Gasteiger charge is 2.08. The van der Waals surface area contributed by atoms with Crippen molar-refractivity contribution in [1.82, 2.24) is 9.78 Å². The van der Waals surface area contributed by atoms with Gasteiger partial charge in [-0.1, -0.05) is 30.3 Å². The molecule has 3 aromatic rings. The van der Waals surface area contributed by atoms with Gasteiger partial charge in [0.1, 0.15) is 5.75 Å². The third kappa shape index (κ3) is 4.70. The van der Waals surface area contributed by atoms with Crippen molar-refractivity contribution < 1.29 is 9.53 Å². The number of ether oxygens (including phenoxy) is 1. The van der Waals surface area contributed by atoms with Crippen LogP contribution < -0.4 is 10.1 Å². The molecule has 0 aliphatic rings. The Kier molecular flexibility index (Phi) is 5.46. The quantitative estimate of drug-likeness (QED) is 0.715. The van der Waals surface area contributed by atoms with E-state index in [1.54, 1.807) is 30.5 Å². The normalized spacial score (nSPS) is 10.4. The van der Waals surface area contributed by atoms with Gasteiger partial charge in [0.05, 0.1) is 18.5 Å². The highest BCUT2D eigenvalue weighted by molar-refractivity contribution is 6.04. The topological polar surface area (TPSA) is 56.1 Å². The highest BCUT2D eigenvalue weighted by Crippen LogP contribution is 2.14. The minimum absolute atomic E-state index is 0.161. The smallest absolute Gasteiger partial charge is 0.255 e. The number of rotatable bonds is 7. The number of hydrogen-bond acceptors (Lipinski definition) is 3. The van der Waals surface area contributed by atoms with Crippen LogP contribution in [0.25, 0.3) is 0 Å². The standard InChI is InChI=1S/C20H21N3O2/c1-2-25-19-10-8-17(9-11-19)20(24)22-18-14-21-23(15-18)13-12-16-6-4-3-5-7-16/h3-11,14-15H,2,12-13H2,1H3,(H,22,24). The lowest BCUT2D eigenvalue weighted by Gasteiger charge is -2.05. The fourth-order valence-corrected chi connectivity index (χ4v) is 2.51. The molecule has 1 amide bonds. The number of aryl methyl sites for hydroxylation is 2. The van der Waals surface area contributed by atoms with Crippen LogP contribution in [-0.4, -0.2) is 22.3 Å². The molecule has 1 N–H and O–H groups in total. The minimum Gasteiger partial charge on any atom is -0.494 e. The molecule has 2 aromatic carbocycles. The molecule has 0 unspecified atom stereocenters. The zero-order valence-electron chi connectivity index (χ0n) is 14.2. The lowest BCUT2D eigenvalue weighted by Crippen LogP contribution is -2.11. The maximum atomic E-state index is 12.3. The summed E-state index contributed by atoms with van der Waals surface area (Å²) in [6, 6.07) is 17.3. The van der Waals surface area contributed by atoms with Gasteiger partial charge in [-0.2, -0.15) is 5.10 Å². The lowest BCUT2D eigenvalue weighted by atomic mass is 10.1. The van der Waals surface area contributed by atoms with Crippen LogP contribution in [0.4, 0.5) is 5.69 Å². The number of anilines is 1. The molecule has 3 rings (SSSR count). The second-order valence-electron chi connectivity index (χ2n) is 5.64. The van der Waals surface area contributed by atoms with Gasteiger partial charge in [-0.15, -0.1) is 0 Å². The summed E-state index contributed by atoms with van der Waals surface area (Å²) >= 11 is 0. The van der Waals surface area contributed by atoms with Crippen molar-refractivity contribution in [2.45, 2.75) is 19.9 Å². The van der Waals surface area contributed by atoms with Gasteiger partial charge >= 0.3 is 0 Å². The van der Waals surface area contributed by atoms with E-state index in [4.69, 9.17) is 4.74 Å². The summed E-state index contributed by atoms with van der Waals surface area (Å²) < 4.78 is 7.21. The lowest BCUT2D eigenvalue weighted by molar-refractivity contribution is 0.102. The summed E-state index contributed by atoms with van der Waals surface area (Å²) in [7, 11) is 0. The van der Waals surface area contributed by atoms with E-state index < -0.39 is 0 Å². The zero-order valence-corrected chi connectivity index (χ0v) is 14.2. The molecule has 0 radical (unpaired) electrons. The van der Waals surface area contributed by atoms with Crippen LogP contribution in [0.3, 0.4) is 0 Å². The van der Waals surface area contributed by atoms with Crippen molar-refractivity contribution in [2.75, 3.05) is 11.9 Å². The number of carbonyl (C=O) groups is 1. The van der Waals surface area contributed by atoms with E-state index in [2.05, 4.69) is 22.5 Å². The molecule has 0 saturated heterocycles. The molecule has 0 saturated carbocycles. The van der Waals surface area contributed by atoms with Crippen LogP contribution in [0.5, 0.6) is 5.75 Å². The molecule has 0 spiro atoms. The number of amides is 1. The molecular weight excluding hydrogens is 314 g/mol. The summed E-state index contributed by atoms with van der Waals surface area (Å²) in [5, 5.41) is 7.16. The second kappa shape index (κ2) is 8.15. The number of hydrogen-bond donors (Lipinski definition) is 1. The number of nitrogens with zero attached hydrogens (tertiary/aromatic N) is 2. The van der Waals surface area contributed by atoms with E-state index in [1.807, 2.05) is 36.0 Å². The highest BCUT2D eigenvalue weighted by atomic mass is 16.5. The fraction of sp³-hybridized carbons (Fsp3) is 0.200. The van der Waals surface area contributed by atoms with Gasteiger partial charge in [-0.3, -0.25) is 9.48 Å². The Balaban J connectivity index is 1.56. The Bertz CT molecular complexity index is 810. The number of nitrogens with one attached hydrogen (secondary N) is 1. The average Bonchev–Trinajstić information content (AvgIpc) is 3.09. The van der Waals surface area contributed by atoms with E-state index in [0.717, 1.165) is 18.7 Å². The molecule has 128 valence electrons. The monoisotopic (exact) mass is 335 g/mol. The maximum Gasteiger partial charge on any atom is 0.255 e. The van der Waals surface area contributed by atoms with Crippen molar-refractivity contribution in [1.29, 1.82) is 0 Å². The van der Waals surface area contributed by atoms with Crippen LogP contribution in [-0.2, 0) is 13.0 Å². The van der Waals surface area contributed by atoms with Gasteiger partial charge < -0.3 is 10.1 Å². The minimum atomic E-state index is -0.161. The second-order valence-corrected chi connectivity index (χ2v) is 5.64. The van der Waals surface area contributed by atoms with Gasteiger partial charge in [0.15, 0.2) is 0 Å². The van der Waals surface area contributed by atoms with Gasteiger partial charge in [-0.25, -0.2) is 0 Å². The van der Waals surface area contributed by atoms with E-state index >= 15 is 0 Å². The number of benzene rings is 2. The molecule has 1 heterocycles. The summed E-state index contributed by atoms with van der Waals surface area (Å²) in [5.41, 5.74) is 2.53. The molecule has 0 aliphatic heterocycles. The Hall–Kier alpha value is -3.08. The first-order chi connectivity index (χ1) is 12.2. The largest absolute Gasteiger partial charge is 0.494 e. The summed E-state index contributed by atoms with van der Waals surface area (Å²) in [6.45, 7) is 3.30. The van der Waals surface area contributed by atoms with Crippen molar-refractivity contribution in [2.24, 2.45) is 0 Å². The van der Waals surface area contributed by atoms with Gasteiger partial charge in [0.2, 0.25) is 0 Å². The molecule has 25 heavy (non-hydrogen) atoms. The molecule has 0 aliphatic carbocycles. The predicted molar refractivity (Wildman–Crippen MR) is 97.9 cm³/mol. The fourth-order valence-electron chi connectivity index (χ4n) is 2.51. The van der Waals surface area contributed by atoms with Crippen LogP contribution in [0.1, 0.15) is 22.8 Å². The Morgan fingerprint density at radius 3 is 2.60 bits per heavy atom. The molecule has 0 fully saturated rings. The number of aromatic nitrogens is 2. The molecule has 5 heteroatoms. The molecule has 0 bridgehead atoms. The van der Waals surface area contributed by atoms with E-state index in [0.29, 0.717) is 17.9 Å². The molecular formula is C20H21N3O2. The summed E-state index contributed by atoms with van der Waals surface area (Å²) in [4.78, 5) is 12.3. The Morgan fingerprint density at radius 2 is 1.88 bits per heavy atom. The summed E-state index contributed by atoms with van der Waals surface area (Å²) in [6.07, 6.45) is 4.40. The van der Waals surface area contributed by atoms with Crippen molar-refractivity contribution in [3.05, 3.63) is 78.1 Å². The maximum absolute atomic E-state index is 12.3. The Morgan fingerprint density at radius 1 is 1.12 bits per heavy atom. The number of carbonyl (C=O) groups excluding carboxylic acids is 1. The first-order valence-corrected chi connectivity index (χ1v) is 8.35. The zero-order chi connectivity index (χ0) is 17.5. The van der Waals surface area contributed by atoms with Gasteiger partial charge in [-0.05, 0) is 43.2 Å². The third-order valence-electron chi connectivity index (χ3n) is 3.79. The predicted octanol–water partition coefficient (Wildman–Crippen LogP) is 3.78. The van der Waals surface area contributed by atoms with Crippen LogP contribution in [0.15, 0.2) is 67.0 Å². The summed E-state index contributed by atoms with van der Waals surface area (Å²) in [5.74, 6) is 0.596. The van der Waals surface area contributed by atoms with Gasteiger partial charge in [0.25, 0.3) is 5.91 Å². The van der Waals surface area contributed by atoms with Crippen molar-refractivity contribution in [3.8, 4) is 5.75 Å². The van der Waals surface area contributed by atoms with Crippen LogP contribution in [0, 0.1) is 0 Å². The first kappa shape index (κ1) is 16.8. The van der Waals surface area contributed by atoms with Gasteiger partial charge in [0, 0.05) is 18.3 Å². The van der Waals surface area contributed by atoms with Crippen LogP contribution >= 0.6 is 0 Å². The average molecular weight is 335 g/mol. The van der Waals surface area contributed by atoms with E-state index in [1.165, 1.54) is 5.56 Å². The van der Waals surface area contributed by atoms with Crippen molar-refractivity contribution in [3.63, 3.8) is 0 Å². The van der Waals surface area contributed by atoms with Crippen LogP contribution in [0.2, 0.25) is 0 Å². The first-order valence-electron chi connectivity index (χ1n) is 8.35. The SMILES string of the molecule is CCOc1ccc(C(=O)Nc2cnn(CCc3ccccc3)c2)cc1. The van der Waals surface area contributed by atoms with E-state index in [-0.39, 0.29) is 5.91 Å². The molecule has 0 atom stereocenters. The van der Waals surface area contributed by atoms with E-state index in [9.17, 15) is 4.79 Å². The molecule has 1 aromatic heterocycles. The molecule has 5 nitrogen and oxygen atoms in total.